The van der Waals surface area contributed by atoms with Crippen molar-refractivity contribution in [3.8, 4) is 0 Å². The zero-order valence-corrected chi connectivity index (χ0v) is 13.8. The smallest absolute Gasteiger partial charge is 0.228 e. The SMILES string of the molecule is COC1=CC(C(C)=O)=C/C(=C2/C=C(C(C)=O)C=C(OC)C2=O)C1=O. The molecule has 0 saturated carbocycles. The quantitative estimate of drug-likeness (QED) is 0.728. The highest BCUT2D eigenvalue weighted by Gasteiger charge is 2.30. The molecule has 0 fully saturated rings. The molecule has 124 valence electrons. The molecule has 2 aliphatic rings. The van der Waals surface area contributed by atoms with E-state index in [1.165, 1.54) is 52.4 Å². The van der Waals surface area contributed by atoms with Crippen LogP contribution in [0.2, 0.25) is 0 Å². The van der Waals surface area contributed by atoms with Gasteiger partial charge in [-0.05, 0) is 38.2 Å². The number of hydrogen-bond acceptors (Lipinski definition) is 6. The minimum Gasteiger partial charge on any atom is -0.493 e. The van der Waals surface area contributed by atoms with Crippen LogP contribution in [-0.4, -0.2) is 37.4 Å². The third-order valence-electron chi connectivity index (χ3n) is 3.65. The number of ether oxygens (including phenoxy) is 2. The predicted octanol–water partition coefficient (Wildman–Crippen LogP) is 1.54. The Bertz CT molecular complexity index is 746. The molecule has 0 unspecified atom stereocenters. The van der Waals surface area contributed by atoms with Gasteiger partial charge in [0.2, 0.25) is 11.6 Å². The zero-order chi connectivity index (χ0) is 18.0. The molecule has 0 atom stereocenters. The van der Waals surface area contributed by atoms with Gasteiger partial charge in [0.25, 0.3) is 0 Å². The summed E-state index contributed by atoms with van der Waals surface area (Å²) in [6.07, 6.45) is 5.30. The van der Waals surface area contributed by atoms with Crippen molar-refractivity contribution in [1.82, 2.24) is 0 Å². The number of rotatable bonds is 4. The largest absolute Gasteiger partial charge is 0.493 e. The maximum absolute atomic E-state index is 12.5. The summed E-state index contributed by atoms with van der Waals surface area (Å²) in [6, 6.07) is 0. The Morgan fingerprint density at radius 1 is 0.708 bits per heavy atom. The molecule has 0 saturated heterocycles. The fraction of sp³-hybridized carbons (Fsp3) is 0.222. The maximum atomic E-state index is 12.5. The van der Waals surface area contributed by atoms with Gasteiger partial charge < -0.3 is 9.47 Å². The minimum absolute atomic E-state index is 0.00838. The van der Waals surface area contributed by atoms with Crippen molar-refractivity contribution in [2.45, 2.75) is 13.8 Å². The molecule has 0 aromatic carbocycles. The molecular weight excluding hydrogens is 312 g/mol. The molecule has 0 heterocycles. The van der Waals surface area contributed by atoms with Gasteiger partial charge in [0.15, 0.2) is 23.1 Å². The van der Waals surface area contributed by atoms with Crippen LogP contribution in [0.1, 0.15) is 13.8 Å². The molecular formula is C18H16O6. The lowest BCUT2D eigenvalue weighted by molar-refractivity contribution is -0.117. The Kier molecular flexibility index (Phi) is 4.78. The number of ketones is 4. The van der Waals surface area contributed by atoms with E-state index in [4.69, 9.17) is 9.47 Å². The number of carbonyl (C=O) groups is 4. The molecule has 0 bridgehead atoms. The lowest BCUT2D eigenvalue weighted by atomic mass is 9.87. The van der Waals surface area contributed by atoms with Gasteiger partial charge in [0, 0.05) is 22.3 Å². The van der Waals surface area contributed by atoms with E-state index >= 15 is 0 Å². The van der Waals surface area contributed by atoms with Gasteiger partial charge >= 0.3 is 0 Å². The van der Waals surface area contributed by atoms with E-state index in [0.29, 0.717) is 0 Å². The van der Waals surface area contributed by atoms with Crippen molar-refractivity contribution in [3.63, 3.8) is 0 Å². The van der Waals surface area contributed by atoms with Gasteiger partial charge in [-0.1, -0.05) is 0 Å². The topological polar surface area (TPSA) is 86.7 Å². The number of carbonyl (C=O) groups excluding carboxylic acids is 4. The van der Waals surface area contributed by atoms with Gasteiger partial charge in [0.05, 0.1) is 14.2 Å². The Morgan fingerprint density at radius 3 is 1.29 bits per heavy atom. The molecule has 6 nitrogen and oxygen atoms in total. The number of allylic oxidation sites excluding steroid dienone is 8. The maximum Gasteiger partial charge on any atom is 0.228 e. The minimum atomic E-state index is -0.539. The summed E-state index contributed by atoms with van der Waals surface area (Å²) in [5.41, 5.74) is 0.443. The monoisotopic (exact) mass is 328 g/mol. The van der Waals surface area contributed by atoms with Crippen LogP contribution in [0.3, 0.4) is 0 Å². The standard InChI is InChI=1S/C18H16O6/c1-9(19)11-5-13(17(21)15(7-11)23-3)14-6-12(10(2)20)8-16(24-4)18(14)22/h5-8H,1-4H3/b14-13+. The van der Waals surface area contributed by atoms with Crippen molar-refractivity contribution in [2.75, 3.05) is 14.2 Å². The van der Waals surface area contributed by atoms with E-state index < -0.39 is 11.6 Å². The molecule has 0 aromatic heterocycles. The van der Waals surface area contributed by atoms with E-state index in [-0.39, 0.29) is 45.4 Å². The van der Waals surface area contributed by atoms with Crippen LogP contribution in [0.5, 0.6) is 0 Å². The average Bonchev–Trinajstić information content (AvgIpc) is 2.55. The number of methoxy groups -OCH3 is 2. The Balaban J connectivity index is 2.73. The third-order valence-corrected chi connectivity index (χ3v) is 3.65. The molecule has 0 spiro atoms. The van der Waals surface area contributed by atoms with E-state index in [2.05, 4.69) is 0 Å². The van der Waals surface area contributed by atoms with Gasteiger partial charge in [0.1, 0.15) is 0 Å². The average molecular weight is 328 g/mol. The van der Waals surface area contributed by atoms with Crippen LogP contribution in [0.4, 0.5) is 0 Å². The van der Waals surface area contributed by atoms with Gasteiger partial charge in [-0.15, -0.1) is 0 Å². The van der Waals surface area contributed by atoms with Crippen LogP contribution in [-0.2, 0) is 28.7 Å². The number of hydrogen-bond donors (Lipinski definition) is 0. The lowest BCUT2D eigenvalue weighted by Gasteiger charge is -2.18. The molecule has 0 N–H and O–H groups in total. The molecule has 0 aliphatic heterocycles. The Labute approximate surface area is 138 Å². The van der Waals surface area contributed by atoms with Crippen molar-refractivity contribution in [3.05, 3.63) is 58.1 Å². The van der Waals surface area contributed by atoms with Gasteiger partial charge in [-0.25, -0.2) is 0 Å². The first-order valence-electron chi connectivity index (χ1n) is 7.10. The lowest BCUT2D eigenvalue weighted by Crippen LogP contribution is -2.21. The fourth-order valence-electron chi connectivity index (χ4n) is 2.31. The first-order chi connectivity index (χ1) is 11.3. The highest BCUT2D eigenvalue weighted by molar-refractivity contribution is 6.23. The zero-order valence-electron chi connectivity index (χ0n) is 13.8. The summed E-state index contributed by atoms with van der Waals surface area (Å²) in [5, 5.41) is 0. The molecule has 24 heavy (non-hydrogen) atoms. The van der Waals surface area contributed by atoms with Gasteiger partial charge in [-0.3, -0.25) is 19.2 Å². The highest BCUT2D eigenvalue weighted by Crippen LogP contribution is 2.29. The summed E-state index contributed by atoms with van der Waals surface area (Å²) in [6.45, 7) is 2.68. The van der Waals surface area contributed by atoms with E-state index in [1.54, 1.807) is 0 Å². The van der Waals surface area contributed by atoms with Crippen LogP contribution >= 0.6 is 0 Å². The van der Waals surface area contributed by atoms with Crippen LogP contribution in [0.25, 0.3) is 0 Å². The summed E-state index contributed by atoms with van der Waals surface area (Å²) in [5.74, 6) is -1.74. The second-order valence-corrected chi connectivity index (χ2v) is 5.22. The second-order valence-electron chi connectivity index (χ2n) is 5.22. The highest BCUT2D eigenvalue weighted by atomic mass is 16.5. The Hall–Kier alpha value is -3.02. The molecule has 6 heteroatoms. The summed E-state index contributed by atoms with van der Waals surface area (Å²) < 4.78 is 10.0. The summed E-state index contributed by atoms with van der Waals surface area (Å²) >= 11 is 0. The van der Waals surface area contributed by atoms with Gasteiger partial charge in [-0.2, -0.15) is 0 Å². The molecule has 2 aliphatic carbocycles. The summed E-state index contributed by atoms with van der Waals surface area (Å²) in [7, 11) is 2.60. The molecule has 0 radical (unpaired) electrons. The summed E-state index contributed by atoms with van der Waals surface area (Å²) in [4.78, 5) is 48.4. The molecule has 0 aromatic rings. The van der Waals surface area contributed by atoms with E-state index in [1.807, 2.05) is 0 Å². The third kappa shape index (κ3) is 3.03. The van der Waals surface area contributed by atoms with Crippen LogP contribution in [0, 0.1) is 0 Å². The van der Waals surface area contributed by atoms with Crippen molar-refractivity contribution < 1.29 is 28.7 Å². The normalized spacial score (nSPS) is 20.7. The van der Waals surface area contributed by atoms with E-state index in [0.717, 1.165) is 0 Å². The number of Topliss-reactive ketones (excluding diaryl/α,β-unsaturated/α-hetero) is 4. The van der Waals surface area contributed by atoms with Crippen molar-refractivity contribution >= 4 is 23.1 Å². The first kappa shape index (κ1) is 17.3. The van der Waals surface area contributed by atoms with Crippen molar-refractivity contribution in [1.29, 1.82) is 0 Å². The molecule has 0 amide bonds. The van der Waals surface area contributed by atoms with E-state index in [9.17, 15) is 19.2 Å². The van der Waals surface area contributed by atoms with Crippen molar-refractivity contribution in [2.24, 2.45) is 0 Å². The predicted molar refractivity (Wildman–Crippen MR) is 84.8 cm³/mol. The van der Waals surface area contributed by atoms with Crippen LogP contribution < -0.4 is 0 Å². The Morgan fingerprint density at radius 2 is 1.04 bits per heavy atom. The fourth-order valence-corrected chi connectivity index (χ4v) is 2.31. The molecule has 2 rings (SSSR count). The van der Waals surface area contributed by atoms with Crippen LogP contribution in [0.15, 0.2) is 58.1 Å². The first-order valence-corrected chi connectivity index (χ1v) is 7.10. The second kappa shape index (κ2) is 6.62.